The van der Waals surface area contributed by atoms with Gasteiger partial charge in [0.1, 0.15) is 5.69 Å². The molecule has 5 rings (SSSR count). The van der Waals surface area contributed by atoms with Crippen molar-refractivity contribution in [2.45, 2.75) is 12.8 Å². The molecule has 158 valence electrons. The van der Waals surface area contributed by atoms with Crippen molar-refractivity contribution in [3.63, 3.8) is 0 Å². The Balaban J connectivity index is 1.29. The standard InChI is InChI=1S/C25H20N4O3/c30-24(12-11-16-15-26-20-8-3-1-6-17(16)20)28-29-25(31)19-14-22(23-10-5-13-32-23)27-21-9-4-2-7-18(19)21/h1-10,13-15,26H,11-12H2,(H,28,30)(H,29,31). The number of furan rings is 1. The number of hydrazine groups is 1. The van der Waals surface area contributed by atoms with Crippen LogP contribution in [0, 0.1) is 0 Å². The molecule has 7 nitrogen and oxygen atoms in total. The molecule has 2 aromatic carbocycles. The second-order valence-electron chi connectivity index (χ2n) is 7.41. The maximum atomic E-state index is 12.9. The van der Waals surface area contributed by atoms with Crippen molar-refractivity contribution in [3.8, 4) is 11.5 Å². The van der Waals surface area contributed by atoms with Gasteiger partial charge in [-0.2, -0.15) is 0 Å². The minimum Gasteiger partial charge on any atom is -0.463 e. The van der Waals surface area contributed by atoms with E-state index >= 15 is 0 Å². The maximum absolute atomic E-state index is 12.9. The Hall–Kier alpha value is -4.39. The van der Waals surface area contributed by atoms with Crippen LogP contribution in [0.4, 0.5) is 0 Å². The third-order valence-electron chi connectivity index (χ3n) is 5.35. The Morgan fingerprint density at radius 3 is 2.59 bits per heavy atom. The highest BCUT2D eigenvalue weighted by Crippen LogP contribution is 2.25. The lowest BCUT2D eigenvalue weighted by Gasteiger charge is -2.10. The van der Waals surface area contributed by atoms with Gasteiger partial charge in [-0.05, 0) is 42.3 Å². The van der Waals surface area contributed by atoms with Crippen molar-refractivity contribution in [2.75, 3.05) is 0 Å². The molecule has 0 unspecified atom stereocenters. The van der Waals surface area contributed by atoms with Gasteiger partial charge in [0.2, 0.25) is 5.91 Å². The number of rotatable bonds is 5. The van der Waals surface area contributed by atoms with Gasteiger partial charge in [0.25, 0.3) is 5.91 Å². The summed E-state index contributed by atoms with van der Waals surface area (Å²) in [7, 11) is 0. The second-order valence-corrected chi connectivity index (χ2v) is 7.41. The number of pyridine rings is 1. The number of hydrogen-bond acceptors (Lipinski definition) is 4. The van der Waals surface area contributed by atoms with Crippen molar-refractivity contribution in [2.24, 2.45) is 0 Å². The Morgan fingerprint density at radius 2 is 1.75 bits per heavy atom. The van der Waals surface area contributed by atoms with Crippen molar-refractivity contribution >= 4 is 33.6 Å². The maximum Gasteiger partial charge on any atom is 0.270 e. The molecule has 2 amide bonds. The Bertz CT molecular complexity index is 1420. The predicted octanol–water partition coefficient (Wildman–Crippen LogP) is 4.37. The van der Waals surface area contributed by atoms with Crippen LogP contribution >= 0.6 is 0 Å². The van der Waals surface area contributed by atoms with Crippen LogP contribution in [0.1, 0.15) is 22.3 Å². The van der Waals surface area contributed by atoms with Gasteiger partial charge in [0, 0.05) is 28.9 Å². The van der Waals surface area contributed by atoms with E-state index < -0.39 is 5.91 Å². The number of aryl methyl sites for hydroxylation is 1. The van der Waals surface area contributed by atoms with E-state index in [2.05, 4.69) is 20.8 Å². The molecule has 0 aliphatic carbocycles. The molecule has 0 aliphatic rings. The Kier molecular flexibility index (Phi) is 5.13. The number of carbonyl (C=O) groups excluding carboxylic acids is 2. The van der Waals surface area contributed by atoms with E-state index in [-0.39, 0.29) is 12.3 Å². The number of nitrogens with one attached hydrogen (secondary N) is 3. The van der Waals surface area contributed by atoms with Crippen LogP contribution < -0.4 is 10.9 Å². The van der Waals surface area contributed by atoms with Crippen LogP contribution in [-0.2, 0) is 11.2 Å². The van der Waals surface area contributed by atoms with Crippen LogP contribution in [0.15, 0.2) is 83.6 Å². The molecule has 3 aromatic heterocycles. The molecule has 0 saturated carbocycles. The van der Waals surface area contributed by atoms with Crippen LogP contribution in [0.5, 0.6) is 0 Å². The first-order valence-corrected chi connectivity index (χ1v) is 10.3. The number of fused-ring (bicyclic) bond motifs is 2. The van der Waals surface area contributed by atoms with Gasteiger partial charge < -0.3 is 9.40 Å². The molecular formula is C25H20N4O3. The molecule has 7 heteroatoms. The average molecular weight is 424 g/mol. The number of amides is 2. The van der Waals surface area contributed by atoms with Crippen LogP contribution in [0.25, 0.3) is 33.3 Å². The minimum atomic E-state index is -0.420. The summed E-state index contributed by atoms with van der Waals surface area (Å²) in [4.78, 5) is 33.0. The summed E-state index contributed by atoms with van der Waals surface area (Å²) in [6.45, 7) is 0. The fourth-order valence-electron chi connectivity index (χ4n) is 3.76. The fourth-order valence-corrected chi connectivity index (χ4v) is 3.76. The molecule has 32 heavy (non-hydrogen) atoms. The minimum absolute atomic E-state index is 0.247. The van der Waals surface area contributed by atoms with E-state index in [4.69, 9.17) is 4.42 Å². The molecule has 5 aromatic rings. The quantitative estimate of drug-likeness (QED) is 0.365. The van der Waals surface area contributed by atoms with Crippen LogP contribution in [-0.4, -0.2) is 21.8 Å². The number of para-hydroxylation sites is 2. The highest BCUT2D eigenvalue weighted by molar-refractivity contribution is 6.07. The summed E-state index contributed by atoms with van der Waals surface area (Å²) >= 11 is 0. The van der Waals surface area contributed by atoms with Crippen molar-refractivity contribution in [1.29, 1.82) is 0 Å². The van der Waals surface area contributed by atoms with Crippen LogP contribution in [0.2, 0.25) is 0 Å². The molecular weight excluding hydrogens is 404 g/mol. The molecule has 0 fully saturated rings. The Morgan fingerprint density at radius 1 is 0.938 bits per heavy atom. The highest BCUT2D eigenvalue weighted by atomic mass is 16.3. The molecule has 0 radical (unpaired) electrons. The topological polar surface area (TPSA) is 100 Å². The monoisotopic (exact) mass is 424 g/mol. The first-order chi connectivity index (χ1) is 15.7. The van der Waals surface area contributed by atoms with Gasteiger partial charge in [0.05, 0.1) is 17.3 Å². The lowest BCUT2D eigenvalue weighted by Crippen LogP contribution is -2.41. The third kappa shape index (κ3) is 3.83. The van der Waals surface area contributed by atoms with Gasteiger partial charge in [0.15, 0.2) is 5.76 Å². The summed E-state index contributed by atoms with van der Waals surface area (Å²) in [6.07, 6.45) is 4.28. The third-order valence-corrected chi connectivity index (χ3v) is 5.35. The fraction of sp³-hybridized carbons (Fsp3) is 0.0800. The number of aromatic amines is 1. The van der Waals surface area contributed by atoms with E-state index in [0.29, 0.717) is 34.3 Å². The zero-order valence-corrected chi connectivity index (χ0v) is 17.1. The second kappa shape index (κ2) is 8.39. The van der Waals surface area contributed by atoms with Gasteiger partial charge in [-0.25, -0.2) is 4.98 Å². The van der Waals surface area contributed by atoms with E-state index in [1.54, 1.807) is 24.5 Å². The zero-order chi connectivity index (χ0) is 21.9. The van der Waals surface area contributed by atoms with Gasteiger partial charge in [-0.3, -0.25) is 20.4 Å². The molecule has 0 atom stereocenters. The molecule has 0 bridgehead atoms. The average Bonchev–Trinajstić information content (AvgIpc) is 3.51. The first kappa shape index (κ1) is 19.6. The van der Waals surface area contributed by atoms with E-state index in [1.807, 2.05) is 54.7 Å². The van der Waals surface area contributed by atoms with E-state index in [0.717, 1.165) is 16.5 Å². The van der Waals surface area contributed by atoms with Gasteiger partial charge in [-0.15, -0.1) is 0 Å². The summed E-state index contributed by atoms with van der Waals surface area (Å²) < 4.78 is 5.43. The SMILES string of the molecule is O=C(CCc1c[nH]c2ccccc12)NNC(=O)c1cc(-c2ccco2)nc2ccccc12. The summed E-state index contributed by atoms with van der Waals surface area (Å²) in [5.74, 6) is -0.127. The van der Waals surface area contributed by atoms with E-state index in [1.165, 1.54) is 0 Å². The largest absolute Gasteiger partial charge is 0.463 e. The zero-order valence-electron chi connectivity index (χ0n) is 17.1. The summed E-state index contributed by atoms with van der Waals surface area (Å²) in [5, 5.41) is 1.78. The summed E-state index contributed by atoms with van der Waals surface area (Å²) in [6, 6.07) is 20.5. The molecule has 3 N–H and O–H groups in total. The molecule has 0 aliphatic heterocycles. The van der Waals surface area contributed by atoms with Crippen molar-refractivity contribution < 1.29 is 14.0 Å². The normalized spacial score (nSPS) is 11.0. The number of aromatic nitrogens is 2. The number of benzene rings is 2. The van der Waals surface area contributed by atoms with Gasteiger partial charge in [-0.1, -0.05) is 36.4 Å². The lowest BCUT2D eigenvalue weighted by molar-refractivity contribution is -0.121. The number of hydrogen-bond donors (Lipinski definition) is 3. The summed E-state index contributed by atoms with van der Waals surface area (Å²) in [5.41, 5.74) is 8.75. The van der Waals surface area contributed by atoms with Crippen molar-refractivity contribution in [3.05, 3.63) is 90.3 Å². The predicted molar refractivity (Wildman–Crippen MR) is 122 cm³/mol. The smallest absolute Gasteiger partial charge is 0.270 e. The van der Waals surface area contributed by atoms with Crippen LogP contribution in [0.3, 0.4) is 0 Å². The molecule has 0 spiro atoms. The molecule has 3 heterocycles. The number of carbonyl (C=O) groups is 2. The number of nitrogens with zero attached hydrogens (tertiary/aromatic N) is 1. The van der Waals surface area contributed by atoms with E-state index in [9.17, 15) is 9.59 Å². The Labute approximate surface area is 183 Å². The molecule has 0 saturated heterocycles. The van der Waals surface area contributed by atoms with Crippen molar-refractivity contribution in [1.82, 2.24) is 20.8 Å². The number of H-pyrrole nitrogens is 1. The first-order valence-electron chi connectivity index (χ1n) is 10.3. The lowest BCUT2D eigenvalue weighted by atomic mass is 10.1. The highest BCUT2D eigenvalue weighted by Gasteiger charge is 2.16. The van der Waals surface area contributed by atoms with Gasteiger partial charge >= 0.3 is 0 Å².